The maximum atomic E-state index is 5.15. The predicted octanol–water partition coefficient (Wildman–Crippen LogP) is 3.56. The minimum absolute atomic E-state index is 0.667. The van der Waals surface area contributed by atoms with Crippen LogP contribution in [0.3, 0.4) is 0 Å². The number of rotatable bonds is 8. The molecular formula is C17H24N4O. The SMILES string of the molecule is COc1ccc(CNc2ccnc(NCCC(C)C)n2)cc1. The third-order valence-electron chi connectivity index (χ3n) is 3.29. The second-order valence-corrected chi connectivity index (χ2v) is 5.58. The van der Waals surface area contributed by atoms with Crippen molar-refractivity contribution in [3.05, 3.63) is 42.1 Å². The fourth-order valence-electron chi connectivity index (χ4n) is 1.95. The quantitative estimate of drug-likeness (QED) is 0.780. The van der Waals surface area contributed by atoms with Crippen molar-refractivity contribution in [3.63, 3.8) is 0 Å². The first kappa shape index (κ1) is 16.1. The van der Waals surface area contributed by atoms with Crippen LogP contribution in [-0.4, -0.2) is 23.6 Å². The Morgan fingerprint density at radius 1 is 1.09 bits per heavy atom. The molecule has 5 nitrogen and oxygen atoms in total. The summed E-state index contributed by atoms with van der Waals surface area (Å²) >= 11 is 0. The summed E-state index contributed by atoms with van der Waals surface area (Å²) in [6.45, 7) is 6.01. The molecule has 0 amide bonds. The summed E-state index contributed by atoms with van der Waals surface area (Å²) in [5.74, 6) is 3.02. The van der Waals surface area contributed by atoms with E-state index in [0.717, 1.165) is 24.5 Å². The molecule has 1 heterocycles. The molecular weight excluding hydrogens is 276 g/mol. The smallest absolute Gasteiger partial charge is 0.224 e. The van der Waals surface area contributed by atoms with Crippen molar-refractivity contribution in [1.82, 2.24) is 9.97 Å². The Morgan fingerprint density at radius 3 is 2.55 bits per heavy atom. The average Bonchev–Trinajstić information content (AvgIpc) is 2.53. The van der Waals surface area contributed by atoms with Gasteiger partial charge in [0.05, 0.1) is 7.11 Å². The van der Waals surface area contributed by atoms with Crippen molar-refractivity contribution in [2.75, 3.05) is 24.3 Å². The highest BCUT2D eigenvalue weighted by atomic mass is 16.5. The summed E-state index contributed by atoms with van der Waals surface area (Å²) in [5, 5.41) is 6.56. The van der Waals surface area contributed by atoms with Gasteiger partial charge in [0.2, 0.25) is 5.95 Å². The Morgan fingerprint density at radius 2 is 1.86 bits per heavy atom. The predicted molar refractivity (Wildman–Crippen MR) is 90.3 cm³/mol. The van der Waals surface area contributed by atoms with Crippen molar-refractivity contribution in [2.45, 2.75) is 26.8 Å². The van der Waals surface area contributed by atoms with Crippen LogP contribution in [0, 0.1) is 5.92 Å². The van der Waals surface area contributed by atoms with Gasteiger partial charge in [-0.2, -0.15) is 4.98 Å². The zero-order valence-corrected chi connectivity index (χ0v) is 13.5. The van der Waals surface area contributed by atoms with Crippen LogP contribution in [0.2, 0.25) is 0 Å². The van der Waals surface area contributed by atoms with Gasteiger partial charge in [0.15, 0.2) is 0 Å². The highest BCUT2D eigenvalue weighted by Gasteiger charge is 2.00. The number of hydrogen-bond donors (Lipinski definition) is 2. The maximum Gasteiger partial charge on any atom is 0.224 e. The standard InChI is InChI=1S/C17H24N4O/c1-13(2)8-10-18-17-19-11-9-16(21-17)20-12-14-4-6-15(22-3)7-5-14/h4-7,9,11,13H,8,10,12H2,1-3H3,(H2,18,19,20,21). The molecule has 0 aliphatic heterocycles. The molecule has 1 aromatic carbocycles. The molecule has 2 N–H and O–H groups in total. The second-order valence-electron chi connectivity index (χ2n) is 5.58. The molecule has 0 radical (unpaired) electrons. The van der Waals surface area contributed by atoms with Gasteiger partial charge in [0, 0.05) is 19.3 Å². The van der Waals surface area contributed by atoms with Gasteiger partial charge in [-0.25, -0.2) is 4.98 Å². The van der Waals surface area contributed by atoms with E-state index >= 15 is 0 Å². The van der Waals surface area contributed by atoms with Crippen molar-refractivity contribution in [1.29, 1.82) is 0 Å². The van der Waals surface area contributed by atoms with Gasteiger partial charge in [0.1, 0.15) is 11.6 Å². The first-order chi connectivity index (χ1) is 10.7. The molecule has 118 valence electrons. The van der Waals surface area contributed by atoms with Crippen molar-refractivity contribution >= 4 is 11.8 Å². The Bertz CT molecular complexity index is 569. The van der Waals surface area contributed by atoms with Crippen LogP contribution in [-0.2, 0) is 6.54 Å². The molecule has 0 saturated carbocycles. The molecule has 5 heteroatoms. The summed E-state index contributed by atoms with van der Waals surface area (Å²) in [6.07, 6.45) is 2.87. The number of nitrogens with one attached hydrogen (secondary N) is 2. The number of aromatic nitrogens is 2. The highest BCUT2D eigenvalue weighted by molar-refractivity contribution is 5.40. The maximum absolute atomic E-state index is 5.15. The Balaban J connectivity index is 1.86. The normalized spacial score (nSPS) is 10.5. The van der Waals surface area contributed by atoms with Crippen LogP contribution in [0.1, 0.15) is 25.8 Å². The van der Waals surface area contributed by atoms with Crippen LogP contribution < -0.4 is 15.4 Å². The Hall–Kier alpha value is -2.30. The number of methoxy groups -OCH3 is 1. The van der Waals surface area contributed by atoms with Crippen LogP contribution in [0.4, 0.5) is 11.8 Å². The average molecular weight is 300 g/mol. The van der Waals surface area contributed by atoms with Crippen LogP contribution in [0.5, 0.6) is 5.75 Å². The second kappa shape index (κ2) is 8.22. The molecule has 0 atom stereocenters. The van der Waals surface area contributed by atoms with E-state index in [4.69, 9.17) is 4.74 Å². The molecule has 0 saturated heterocycles. The van der Waals surface area contributed by atoms with E-state index in [1.807, 2.05) is 30.3 Å². The van der Waals surface area contributed by atoms with E-state index < -0.39 is 0 Å². The first-order valence-electron chi connectivity index (χ1n) is 7.61. The van der Waals surface area contributed by atoms with E-state index in [1.165, 1.54) is 5.56 Å². The number of ether oxygens (including phenoxy) is 1. The van der Waals surface area contributed by atoms with Crippen molar-refractivity contribution < 1.29 is 4.74 Å². The molecule has 0 aliphatic rings. The largest absolute Gasteiger partial charge is 0.497 e. The molecule has 22 heavy (non-hydrogen) atoms. The minimum Gasteiger partial charge on any atom is -0.497 e. The lowest BCUT2D eigenvalue weighted by molar-refractivity contribution is 0.414. The number of benzene rings is 1. The lowest BCUT2D eigenvalue weighted by Crippen LogP contribution is -2.09. The van der Waals surface area contributed by atoms with E-state index in [-0.39, 0.29) is 0 Å². The number of nitrogens with zero attached hydrogens (tertiary/aromatic N) is 2. The topological polar surface area (TPSA) is 59.1 Å². The first-order valence-corrected chi connectivity index (χ1v) is 7.61. The van der Waals surface area contributed by atoms with Gasteiger partial charge >= 0.3 is 0 Å². The molecule has 0 aliphatic carbocycles. The summed E-state index contributed by atoms with van der Waals surface area (Å²) in [4.78, 5) is 8.70. The van der Waals surface area contributed by atoms with Gasteiger partial charge in [-0.1, -0.05) is 26.0 Å². The minimum atomic E-state index is 0.667. The lowest BCUT2D eigenvalue weighted by Gasteiger charge is -2.09. The molecule has 2 aromatic rings. The third-order valence-corrected chi connectivity index (χ3v) is 3.29. The summed E-state index contributed by atoms with van der Waals surface area (Å²) in [5.41, 5.74) is 1.17. The Labute approximate surface area is 132 Å². The van der Waals surface area contributed by atoms with E-state index in [9.17, 15) is 0 Å². The van der Waals surface area contributed by atoms with Crippen LogP contribution in [0.25, 0.3) is 0 Å². The van der Waals surface area contributed by atoms with E-state index in [1.54, 1.807) is 13.3 Å². The molecule has 0 spiro atoms. The highest BCUT2D eigenvalue weighted by Crippen LogP contribution is 2.13. The number of hydrogen-bond acceptors (Lipinski definition) is 5. The molecule has 0 fully saturated rings. The third kappa shape index (κ3) is 5.24. The van der Waals surface area contributed by atoms with Crippen LogP contribution in [0.15, 0.2) is 36.5 Å². The Kier molecular flexibility index (Phi) is 6.01. The van der Waals surface area contributed by atoms with E-state index in [0.29, 0.717) is 18.4 Å². The zero-order chi connectivity index (χ0) is 15.8. The summed E-state index contributed by atoms with van der Waals surface area (Å²) in [6, 6.07) is 9.85. The lowest BCUT2D eigenvalue weighted by atomic mass is 10.1. The fraction of sp³-hybridized carbons (Fsp3) is 0.412. The van der Waals surface area contributed by atoms with Crippen molar-refractivity contribution in [3.8, 4) is 5.75 Å². The monoisotopic (exact) mass is 300 g/mol. The molecule has 0 bridgehead atoms. The van der Waals surface area contributed by atoms with E-state index in [2.05, 4.69) is 34.4 Å². The summed E-state index contributed by atoms with van der Waals surface area (Å²) < 4.78 is 5.15. The van der Waals surface area contributed by atoms with Crippen molar-refractivity contribution in [2.24, 2.45) is 5.92 Å². The van der Waals surface area contributed by atoms with Gasteiger partial charge in [0.25, 0.3) is 0 Å². The van der Waals surface area contributed by atoms with Gasteiger partial charge < -0.3 is 15.4 Å². The molecule has 0 unspecified atom stereocenters. The van der Waals surface area contributed by atoms with Gasteiger partial charge in [-0.3, -0.25) is 0 Å². The molecule has 2 rings (SSSR count). The number of anilines is 2. The van der Waals surface area contributed by atoms with Gasteiger partial charge in [-0.15, -0.1) is 0 Å². The summed E-state index contributed by atoms with van der Waals surface area (Å²) in [7, 11) is 1.67. The molecule has 1 aromatic heterocycles. The van der Waals surface area contributed by atoms with Crippen LogP contribution >= 0.6 is 0 Å². The van der Waals surface area contributed by atoms with Gasteiger partial charge in [-0.05, 0) is 36.1 Å². The fourth-order valence-corrected chi connectivity index (χ4v) is 1.95. The zero-order valence-electron chi connectivity index (χ0n) is 13.5.